The van der Waals surface area contributed by atoms with Gasteiger partial charge in [0.1, 0.15) is 0 Å². The minimum Gasteiger partial charge on any atom is -0.478 e. The molecule has 0 amide bonds. The van der Waals surface area contributed by atoms with E-state index >= 15 is 0 Å². The van der Waals surface area contributed by atoms with Crippen LogP contribution in [0.1, 0.15) is 10.4 Å². The molecule has 94 valence electrons. The number of aromatic carboxylic acids is 1. The predicted octanol–water partition coefficient (Wildman–Crippen LogP) is 1.36. The number of carboxylic acid groups (broad SMARTS) is 1. The second-order valence-electron chi connectivity index (χ2n) is 3.34. The number of halogens is 2. The first-order valence-electron chi connectivity index (χ1n) is 4.70. The third-order valence-electron chi connectivity index (χ3n) is 2.01. The Hall–Kier alpha value is -0.130. The highest BCUT2D eigenvalue weighted by Gasteiger charge is 2.12. The maximum absolute atomic E-state index is 10.8. The fourth-order valence-corrected chi connectivity index (χ4v) is 3.30. The molecule has 1 aromatic rings. The second-order valence-corrected chi connectivity index (χ2v) is 5.66. The molecule has 0 spiro atoms. The number of hydrogen-bond acceptors (Lipinski definition) is 4. The fourth-order valence-electron chi connectivity index (χ4n) is 1.15. The van der Waals surface area contributed by atoms with Gasteiger partial charge in [0.2, 0.25) is 0 Å². The smallest absolute Gasteiger partial charge is 0.335 e. The van der Waals surface area contributed by atoms with Crippen molar-refractivity contribution in [3.63, 3.8) is 0 Å². The number of benzene rings is 1. The average molecular weight is 463 g/mol. The molecule has 0 bridgehead atoms. The van der Waals surface area contributed by atoms with E-state index in [4.69, 9.17) is 10.2 Å². The van der Waals surface area contributed by atoms with Crippen LogP contribution in [0, 0.1) is 7.14 Å². The molecule has 1 atom stereocenters. The molecule has 1 unspecified atom stereocenters. The highest BCUT2D eigenvalue weighted by atomic mass is 127. The number of aliphatic hydroxyl groups is 2. The summed E-state index contributed by atoms with van der Waals surface area (Å²) in [6, 6.07) is 3.11. The summed E-state index contributed by atoms with van der Waals surface area (Å²) in [5, 5.41) is 29.8. The van der Waals surface area contributed by atoms with Gasteiger partial charge in [0, 0.05) is 13.7 Å². The number of rotatable bonds is 5. The van der Waals surface area contributed by atoms with Crippen LogP contribution in [0.2, 0.25) is 0 Å². The Kier molecular flexibility index (Phi) is 5.89. The van der Waals surface area contributed by atoms with Crippen LogP contribution in [-0.2, 0) is 0 Å². The standard InChI is InChI=1S/C10H11I2NO4/c11-7-1-5(10(16)17)2-8(12)9(7)13-3-6(15)4-14/h1-2,6,13-15H,3-4H2,(H,16,17). The van der Waals surface area contributed by atoms with Gasteiger partial charge in [-0.3, -0.25) is 0 Å². The van der Waals surface area contributed by atoms with Gasteiger partial charge in [-0.2, -0.15) is 0 Å². The predicted molar refractivity (Wildman–Crippen MR) is 80.4 cm³/mol. The highest BCUT2D eigenvalue weighted by Crippen LogP contribution is 2.26. The van der Waals surface area contributed by atoms with Crippen molar-refractivity contribution in [3.05, 3.63) is 24.8 Å². The Labute approximate surface area is 126 Å². The maximum atomic E-state index is 10.8. The molecule has 1 rings (SSSR count). The van der Waals surface area contributed by atoms with Gasteiger partial charge in [0.05, 0.1) is 24.0 Å². The average Bonchev–Trinajstić information content (AvgIpc) is 2.27. The van der Waals surface area contributed by atoms with Crippen molar-refractivity contribution in [3.8, 4) is 0 Å². The SMILES string of the molecule is O=C(O)c1cc(I)c(NCC(O)CO)c(I)c1. The first kappa shape index (κ1) is 14.9. The van der Waals surface area contributed by atoms with Gasteiger partial charge in [-0.1, -0.05) is 0 Å². The van der Waals surface area contributed by atoms with Gasteiger partial charge >= 0.3 is 5.97 Å². The van der Waals surface area contributed by atoms with Crippen LogP contribution in [-0.4, -0.2) is 40.5 Å². The Bertz CT molecular complexity index is 402. The van der Waals surface area contributed by atoms with E-state index < -0.39 is 12.1 Å². The zero-order valence-electron chi connectivity index (χ0n) is 8.65. The summed E-state index contributed by atoms with van der Waals surface area (Å²) in [6.07, 6.45) is -0.833. The van der Waals surface area contributed by atoms with Crippen molar-refractivity contribution in [2.45, 2.75) is 6.10 Å². The van der Waals surface area contributed by atoms with Crippen molar-refractivity contribution in [2.24, 2.45) is 0 Å². The van der Waals surface area contributed by atoms with Crippen LogP contribution in [0.3, 0.4) is 0 Å². The molecule has 0 saturated heterocycles. The molecule has 7 heteroatoms. The summed E-state index contributed by atoms with van der Waals surface area (Å²) in [6.45, 7) is -0.0950. The zero-order valence-corrected chi connectivity index (χ0v) is 13.0. The van der Waals surface area contributed by atoms with Crippen molar-refractivity contribution in [1.82, 2.24) is 0 Å². The highest BCUT2D eigenvalue weighted by molar-refractivity contribution is 14.1. The van der Waals surface area contributed by atoms with Crippen LogP contribution in [0.15, 0.2) is 12.1 Å². The molecular weight excluding hydrogens is 452 g/mol. The quantitative estimate of drug-likeness (QED) is 0.496. The lowest BCUT2D eigenvalue weighted by atomic mass is 10.2. The summed E-state index contributed by atoms with van der Waals surface area (Å²) >= 11 is 4.06. The first-order chi connectivity index (χ1) is 7.95. The third kappa shape index (κ3) is 4.23. The normalized spacial score (nSPS) is 12.2. The summed E-state index contributed by atoms with van der Waals surface area (Å²) in [4.78, 5) is 10.8. The van der Waals surface area contributed by atoms with Crippen LogP contribution < -0.4 is 5.32 Å². The first-order valence-corrected chi connectivity index (χ1v) is 6.86. The molecule has 0 saturated carbocycles. The summed E-state index contributed by atoms with van der Waals surface area (Å²) in [5.74, 6) is -0.970. The van der Waals surface area contributed by atoms with Crippen molar-refractivity contribution in [2.75, 3.05) is 18.5 Å². The number of anilines is 1. The molecule has 0 fully saturated rings. The fraction of sp³-hybridized carbons (Fsp3) is 0.300. The largest absolute Gasteiger partial charge is 0.478 e. The molecule has 0 aromatic heterocycles. The lowest BCUT2D eigenvalue weighted by Crippen LogP contribution is -2.23. The maximum Gasteiger partial charge on any atom is 0.335 e. The molecule has 0 heterocycles. The van der Waals surface area contributed by atoms with Gasteiger partial charge in [-0.05, 0) is 57.3 Å². The molecule has 0 aliphatic rings. The number of hydrogen-bond donors (Lipinski definition) is 4. The lowest BCUT2D eigenvalue weighted by molar-refractivity contribution is 0.0696. The molecule has 0 aliphatic carbocycles. The Morgan fingerprint density at radius 1 is 1.35 bits per heavy atom. The number of carbonyl (C=O) groups is 1. The van der Waals surface area contributed by atoms with Gasteiger partial charge in [-0.15, -0.1) is 0 Å². The number of nitrogens with one attached hydrogen (secondary N) is 1. The Morgan fingerprint density at radius 2 is 1.88 bits per heavy atom. The molecule has 0 aliphatic heterocycles. The van der Waals surface area contributed by atoms with Crippen molar-refractivity contribution >= 4 is 56.8 Å². The van der Waals surface area contributed by atoms with Crippen LogP contribution in [0.4, 0.5) is 5.69 Å². The monoisotopic (exact) mass is 463 g/mol. The van der Waals surface area contributed by atoms with Crippen LogP contribution in [0.5, 0.6) is 0 Å². The molecule has 1 aromatic carbocycles. The van der Waals surface area contributed by atoms with Crippen molar-refractivity contribution < 1.29 is 20.1 Å². The van der Waals surface area contributed by atoms with E-state index in [1.54, 1.807) is 12.1 Å². The third-order valence-corrected chi connectivity index (χ3v) is 3.72. The molecule has 4 N–H and O–H groups in total. The summed E-state index contributed by atoms with van der Waals surface area (Å²) in [5.41, 5.74) is 0.996. The van der Waals surface area contributed by atoms with E-state index in [-0.39, 0.29) is 18.7 Å². The molecule has 0 radical (unpaired) electrons. The molecular formula is C10H11I2NO4. The molecule has 5 nitrogen and oxygen atoms in total. The minimum atomic E-state index is -0.970. The van der Waals surface area contributed by atoms with E-state index in [0.29, 0.717) is 0 Å². The number of aliphatic hydroxyl groups excluding tert-OH is 2. The number of carboxylic acids is 1. The summed E-state index contributed by atoms with van der Waals surface area (Å²) < 4.78 is 1.52. The Balaban J connectivity index is 2.90. The molecule has 17 heavy (non-hydrogen) atoms. The van der Waals surface area contributed by atoms with E-state index in [0.717, 1.165) is 12.8 Å². The van der Waals surface area contributed by atoms with Gasteiger partial charge in [0.25, 0.3) is 0 Å². The van der Waals surface area contributed by atoms with E-state index in [1.165, 1.54) is 0 Å². The van der Waals surface area contributed by atoms with Crippen LogP contribution in [0.25, 0.3) is 0 Å². The zero-order chi connectivity index (χ0) is 13.0. The lowest BCUT2D eigenvalue weighted by Gasteiger charge is -2.14. The van der Waals surface area contributed by atoms with E-state index in [9.17, 15) is 9.90 Å². The van der Waals surface area contributed by atoms with E-state index in [1.807, 2.05) is 45.2 Å². The summed E-state index contributed by atoms with van der Waals surface area (Å²) in [7, 11) is 0. The van der Waals surface area contributed by atoms with Gasteiger partial charge in [0.15, 0.2) is 0 Å². The minimum absolute atomic E-state index is 0.217. The van der Waals surface area contributed by atoms with Gasteiger partial charge < -0.3 is 20.6 Å². The van der Waals surface area contributed by atoms with Crippen molar-refractivity contribution in [1.29, 1.82) is 0 Å². The second kappa shape index (κ2) is 6.71. The Morgan fingerprint density at radius 3 is 2.29 bits per heavy atom. The topological polar surface area (TPSA) is 89.8 Å². The van der Waals surface area contributed by atoms with Crippen LogP contribution >= 0.6 is 45.2 Å². The van der Waals surface area contributed by atoms with E-state index in [2.05, 4.69) is 5.32 Å². The van der Waals surface area contributed by atoms with Gasteiger partial charge in [-0.25, -0.2) is 4.79 Å².